The van der Waals surface area contributed by atoms with Crippen molar-refractivity contribution in [3.63, 3.8) is 0 Å². The minimum Gasteiger partial charge on any atom is -0.480 e. The number of aromatic nitrogens is 3. The summed E-state index contributed by atoms with van der Waals surface area (Å²) in [5.41, 5.74) is 0. The summed E-state index contributed by atoms with van der Waals surface area (Å²) >= 11 is 0. The zero-order valence-electron chi connectivity index (χ0n) is 9.32. The van der Waals surface area contributed by atoms with Crippen molar-refractivity contribution < 1.29 is 14.7 Å². The Labute approximate surface area is 98.0 Å². The van der Waals surface area contributed by atoms with Gasteiger partial charge in [0.2, 0.25) is 5.91 Å². The van der Waals surface area contributed by atoms with Gasteiger partial charge in [-0.1, -0.05) is 5.21 Å². The molecule has 0 saturated carbocycles. The van der Waals surface area contributed by atoms with Crippen LogP contribution in [0.3, 0.4) is 0 Å². The van der Waals surface area contributed by atoms with E-state index in [1.807, 2.05) is 0 Å². The second kappa shape index (κ2) is 4.94. The molecule has 1 saturated heterocycles. The molecule has 0 aromatic carbocycles. The van der Waals surface area contributed by atoms with Gasteiger partial charge in [0.1, 0.15) is 6.04 Å². The highest BCUT2D eigenvalue weighted by molar-refractivity contribution is 5.84. The SMILES string of the molecule is O=C(O)C1CCCN1C(=O)CCn1ccnn1. The van der Waals surface area contributed by atoms with Crippen molar-refractivity contribution in [2.45, 2.75) is 31.8 Å². The lowest BCUT2D eigenvalue weighted by Gasteiger charge is -2.21. The second-order valence-corrected chi connectivity index (χ2v) is 4.00. The minimum atomic E-state index is -0.920. The molecule has 0 bridgehead atoms. The van der Waals surface area contributed by atoms with E-state index in [0.717, 1.165) is 6.42 Å². The van der Waals surface area contributed by atoms with Crippen LogP contribution < -0.4 is 0 Å². The van der Waals surface area contributed by atoms with Gasteiger partial charge in [-0.05, 0) is 12.8 Å². The van der Waals surface area contributed by atoms with Gasteiger partial charge in [0, 0.05) is 19.2 Å². The molecule has 0 spiro atoms. The molecule has 1 aromatic rings. The summed E-state index contributed by atoms with van der Waals surface area (Å²) in [5.74, 6) is -1.05. The topological polar surface area (TPSA) is 88.3 Å². The molecule has 7 heteroatoms. The molecular formula is C10H14N4O3. The van der Waals surface area contributed by atoms with Crippen molar-refractivity contribution in [2.75, 3.05) is 6.54 Å². The summed E-state index contributed by atoms with van der Waals surface area (Å²) in [7, 11) is 0. The van der Waals surface area contributed by atoms with Gasteiger partial charge in [0.25, 0.3) is 0 Å². The van der Waals surface area contributed by atoms with E-state index in [-0.39, 0.29) is 12.3 Å². The van der Waals surface area contributed by atoms with Gasteiger partial charge in [0.05, 0.1) is 12.7 Å². The Balaban J connectivity index is 1.89. The molecule has 0 aliphatic carbocycles. The predicted octanol–water partition coefficient (Wildman–Crippen LogP) is -0.256. The summed E-state index contributed by atoms with van der Waals surface area (Å²) in [6.07, 6.45) is 4.77. The van der Waals surface area contributed by atoms with Crippen molar-refractivity contribution >= 4 is 11.9 Å². The second-order valence-electron chi connectivity index (χ2n) is 4.00. The van der Waals surface area contributed by atoms with E-state index in [2.05, 4.69) is 10.3 Å². The molecule has 1 aromatic heterocycles. The third-order valence-corrected chi connectivity index (χ3v) is 2.88. The van der Waals surface area contributed by atoms with Crippen molar-refractivity contribution in [3.8, 4) is 0 Å². The third-order valence-electron chi connectivity index (χ3n) is 2.88. The molecule has 1 fully saturated rings. The van der Waals surface area contributed by atoms with Gasteiger partial charge in [-0.3, -0.25) is 9.48 Å². The largest absolute Gasteiger partial charge is 0.480 e. The van der Waals surface area contributed by atoms with E-state index >= 15 is 0 Å². The predicted molar refractivity (Wildman–Crippen MR) is 57.0 cm³/mol. The van der Waals surface area contributed by atoms with Crippen LogP contribution in [0.15, 0.2) is 12.4 Å². The molecule has 1 aliphatic rings. The molecule has 17 heavy (non-hydrogen) atoms. The number of rotatable bonds is 4. The molecule has 0 radical (unpaired) electrons. The highest BCUT2D eigenvalue weighted by Gasteiger charge is 2.33. The Kier molecular flexibility index (Phi) is 3.36. The quantitative estimate of drug-likeness (QED) is 0.781. The fourth-order valence-corrected chi connectivity index (χ4v) is 2.03. The first-order valence-electron chi connectivity index (χ1n) is 5.55. The van der Waals surface area contributed by atoms with Crippen LogP contribution in [0.5, 0.6) is 0 Å². The number of nitrogens with zero attached hydrogens (tertiary/aromatic N) is 4. The minimum absolute atomic E-state index is 0.134. The molecule has 7 nitrogen and oxygen atoms in total. The van der Waals surface area contributed by atoms with Crippen LogP contribution >= 0.6 is 0 Å². The first-order chi connectivity index (χ1) is 8.18. The lowest BCUT2D eigenvalue weighted by Crippen LogP contribution is -2.40. The number of likely N-dealkylation sites (tertiary alicyclic amines) is 1. The Morgan fingerprint density at radius 1 is 1.47 bits per heavy atom. The molecule has 92 valence electrons. The normalized spacial score (nSPS) is 19.5. The van der Waals surface area contributed by atoms with Crippen molar-refractivity contribution in [1.29, 1.82) is 0 Å². The number of carboxylic acid groups (broad SMARTS) is 1. The maximum absolute atomic E-state index is 11.9. The number of aliphatic carboxylic acids is 1. The van der Waals surface area contributed by atoms with Crippen LogP contribution in [0.4, 0.5) is 0 Å². The summed E-state index contributed by atoms with van der Waals surface area (Å²) < 4.78 is 1.56. The summed E-state index contributed by atoms with van der Waals surface area (Å²) in [4.78, 5) is 24.2. The van der Waals surface area contributed by atoms with Gasteiger partial charge in [-0.2, -0.15) is 0 Å². The lowest BCUT2D eigenvalue weighted by molar-refractivity contribution is -0.148. The fraction of sp³-hybridized carbons (Fsp3) is 0.600. The van der Waals surface area contributed by atoms with E-state index in [0.29, 0.717) is 19.5 Å². The Morgan fingerprint density at radius 3 is 2.94 bits per heavy atom. The molecule has 1 N–H and O–H groups in total. The van der Waals surface area contributed by atoms with Gasteiger partial charge < -0.3 is 10.0 Å². The monoisotopic (exact) mass is 238 g/mol. The molecule has 2 rings (SSSR count). The number of carboxylic acids is 1. The molecule has 2 heterocycles. The van der Waals surface area contributed by atoms with E-state index in [4.69, 9.17) is 5.11 Å². The number of hydrogen-bond acceptors (Lipinski definition) is 4. The number of aryl methyl sites for hydroxylation is 1. The van der Waals surface area contributed by atoms with Gasteiger partial charge in [-0.15, -0.1) is 5.10 Å². The van der Waals surface area contributed by atoms with Crippen LogP contribution in [0.1, 0.15) is 19.3 Å². The molecule has 1 amide bonds. The number of hydrogen-bond donors (Lipinski definition) is 1. The average molecular weight is 238 g/mol. The van der Waals surface area contributed by atoms with Crippen molar-refractivity contribution in [1.82, 2.24) is 19.9 Å². The van der Waals surface area contributed by atoms with E-state index in [1.54, 1.807) is 17.1 Å². The van der Waals surface area contributed by atoms with E-state index < -0.39 is 12.0 Å². The average Bonchev–Trinajstić information content (AvgIpc) is 2.96. The molecule has 1 unspecified atom stereocenters. The maximum atomic E-state index is 11.9. The maximum Gasteiger partial charge on any atom is 0.326 e. The number of amides is 1. The zero-order chi connectivity index (χ0) is 12.3. The highest BCUT2D eigenvalue weighted by atomic mass is 16.4. The van der Waals surface area contributed by atoms with Crippen LogP contribution in [0.25, 0.3) is 0 Å². The standard InChI is InChI=1S/C10H14N4O3/c15-9(3-6-13-7-4-11-12-13)14-5-1-2-8(14)10(16)17/h4,7-8H,1-3,5-6H2,(H,16,17). The molecule has 1 atom stereocenters. The molecule has 1 aliphatic heterocycles. The van der Waals surface area contributed by atoms with Crippen molar-refractivity contribution in [3.05, 3.63) is 12.4 Å². The van der Waals surface area contributed by atoms with Crippen LogP contribution in [-0.4, -0.2) is 49.5 Å². The lowest BCUT2D eigenvalue weighted by atomic mass is 10.2. The molecular weight excluding hydrogens is 224 g/mol. The van der Waals surface area contributed by atoms with Crippen LogP contribution in [-0.2, 0) is 16.1 Å². The fourth-order valence-electron chi connectivity index (χ4n) is 2.03. The first-order valence-corrected chi connectivity index (χ1v) is 5.55. The van der Waals surface area contributed by atoms with Crippen molar-refractivity contribution in [2.24, 2.45) is 0 Å². The Hall–Kier alpha value is -1.92. The Bertz CT molecular complexity index is 404. The van der Waals surface area contributed by atoms with Crippen LogP contribution in [0, 0.1) is 0 Å². The first kappa shape index (κ1) is 11.6. The van der Waals surface area contributed by atoms with E-state index in [1.165, 1.54) is 4.90 Å². The third kappa shape index (κ3) is 2.61. The summed E-state index contributed by atoms with van der Waals surface area (Å²) in [6.45, 7) is 0.967. The number of carbonyl (C=O) groups is 2. The van der Waals surface area contributed by atoms with Gasteiger partial charge in [0.15, 0.2) is 0 Å². The summed E-state index contributed by atoms with van der Waals surface area (Å²) in [5, 5.41) is 16.3. The zero-order valence-corrected chi connectivity index (χ0v) is 9.32. The highest BCUT2D eigenvalue weighted by Crippen LogP contribution is 2.18. The summed E-state index contributed by atoms with van der Waals surface area (Å²) in [6, 6.07) is -0.654. The van der Waals surface area contributed by atoms with Gasteiger partial charge in [-0.25, -0.2) is 4.79 Å². The van der Waals surface area contributed by atoms with Gasteiger partial charge >= 0.3 is 5.97 Å². The van der Waals surface area contributed by atoms with Crippen LogP contribution in [0.2, 0.25) is 0 Å². The number of carbonyl (C=O) groups excluding carboxylic acids is 1. The smallest absolute Gasteiger partial charge is 0.326 e. The van der Waals surface area contributed by atoms with E-state index in [9.17, 15) is 9.59 Å². The Morgan fingerprint density at radius 2 is 2.29 bits per heavy atom.